The molecule has 5 nitrogen and oxygen atoms in total. The highest BCUT2D eigenvalue weighted by Gasteiger charge is 2.56. The van der Waals surface area contributed by atoms with E-state index in [0.717, 1.165) is 0 Å². The number of halogens is 1. The van der Waals surface area contributed by atoms with Gasteiger partial charge in [0.15, 0.2) is 11.5 Å². The van der Waals surface area contributed by atoms with Crippen LogP contribution in [0.2, 0.25) is 0 Å². The highest BCUT2D eigenvalue weighted by molar-refractivity contribution is 9.10. The zero-order chi connectivity index (χ0) is 16.7. The maximum absolute atomic E-state index is 13.2. The van der Waals surface area contributed by atoms with Crippen LogP contribution in [0.25, 0.3) is 0 Å². The van der Waals surface area contributed by atoms with Gasteiger partial charge in [-0.1, -0.05) is 13.8 Å². The van der Waals surface area contributed by atoms with Crippen molar-refractivity contribution in [1.82, 2.24) is 4.57 Å². The summed E-state index contributed by atoms with van der Waals surface area (Å²) in [6.07, 6.45) is 2.97. The molecule has 2 atom stereocenters. The molecule has 2 unspecified atom stereocenters. The monoisotopic (exact) mass is 371 g/mol. The zero-order valence-electron chi connectivity index (χ0n) is 13.7. The Morgan fingerprint density at radius 2 is 1.91 bits per heavy atom. The van der Waals surface area contributed by atoms with Crippen LogP contribution in [0.15, 0.2) is 15.5 Å². The molecule has 1 aliphatic rings. The van der Waals surface area contributed by atoms with Gasteiger partial charge in [-0.05, 0) is 35.7 Å². The first-order valence-corrected chi connectivity index (χ1v) is 8.18. The van der Waals surface area contributed by atoms with Gasteiger partial charge in [0, 0.05) is 13.3 Å². The van der Waals surface area contributed by atoms with Crippen LogP contribution < -0.4 is 10.2 Å². The van der Waals surface area contributed by atoms with E-state index < -0.39 is 11.0 Å². The second-order valence-corrected chi connectivity index (χ2v) is 6.74. The van der Waals surface area contributed by atoms with E-state index in [2.05, 4.69) is 15.9 Å². The summed E-state index contributed by atoms with van der Waals surface area (Å²) in [5.74, 6) is -0.00810. The van der Waals surface area contributed by atoms with Crippen LogP contribution in [0, 0.1) is 5.41 Å². The Kier molecular flexibility index (Phi) is 4.55. The molecule has 22 heavy (non-hydrogen) atoms. The Labute approximate surface area is 138 Å². The Morgan fingerprint density at radius 1 is 1.27 bits per heavy atom. The van der Waals surface area contributed by atoms with Gasteiger partial charge in [-0.25, -0.2) is 0 Å². The van der Waals surface area contributed by atoms with Crippen molar-refractivity contribution in [3.05, 3.63) is 26.6 Å². The summed E-state index contributed by atoms with van der Waals surface area (Å²) in [5, 5.41) is 0. The Balaban J connectivity index is 2.83. The fraction of sp³-hybridized carbons (Fsp3) is 0.625. The first kappa shape index (κ1) is 17.2. The van der Waals surface area contributed by atoms with Crippen LogP contribution in [-0.4, -0.2) is 30.2 Å². The number of hydrogen-bond acceptors (Lipinski definition) is 4. The van der Waals surface area contributed by atoms with E-state index in [1.807, 2.05) is 20.8 Å². The fourth-order valence-corrected chi connectivity index (χ4v) is 3.92. The van der Waals surface area contributed by atoms with Crippen molar-refractivity contribution in [1.29, 1.82) is 0 Å². The number of rotatable bonds is 4. The summed E-state index contributed by atoms with van der Waals surface area (Å²) in [5.41, 5.74) is -1.28. The molecule has 1 aromatic rings. The van der Waals surface area contributed by atoms with Gasteiger partial charge in [0.2, 0.25) is 5.43 Å². The largest absolute Gasteiger partial charge is 0.491 e. The first-order chi connectivity index (χ1) is 10.3. The smallest absolute Gasteiger partial charge is 0.238 e. The molecule has 6 heteroatoms. The van der Waals surface area contributed by atoms with Crippen LogP contribution in [0.5, 0.6) is 5.75 Å². The van der Waals surface area contributed by atoms with E-state index in [0.29, 0.717) is 29.6 Å². The van der Waals surface area contributed by atoms with Crippen molar-refractivity contribution in [2.75, 3.05) is 14.2 Å². The van der Waals surface area contributed by atoms with E-state index >= 15 is 0 Å². The van der Waals surface area contributed by atoms with Crippen molar-refractivity contribution >= 4 is 21.7 Å². The van der Waals surface area contributed by atoms with Crippen molar-refractivity contribution in [3.8, 4) is 5.75 Å². The van der Waals surface area contributed by atoms with Crippen molar-refractivity contribution < 1.29 is 14.3 Å². The minimum absolute atomic E-state index is 0.0971. The number of methoxy groups -OCH3 is 2. The number of hydrogen-bond donors (Lipinski definition) is 0. The minimum atomic E-state index is -0.704. The molecule has 122 valence electrons. The summed E-state index contributed by atoms with van der Waals surface area (Å²) in [7, 11) is 3.06. The van der Waals surface area contributed by atoms with E-state index in [1.54, 1.807) is 17.9 Å². The van der Waals surface area contributed by atoms with Gasteiger partial charge >= 0.3 is 0 Å². The molecule has 0 N–H and O–H groups in total. The maximum Gasteiger partial charge on any atom is 0.238 e. The highest BCUT2D eigenvalue weighted by atomic mass is 79.9. The Bertz CT molecular complexity index is 663. The number of carbonyl (C=O) groups is 1. The van der Waals surface area contributed by atoms with E-state index in [9.17, 15) is 9.59 Å². The van der Waals surface area contributed by atoms with Gasteiger partial charge in [-0.3, -0.25) is 9.59 Å². The third-order valence-electron chi connectivity index (χ3n) is 5.22. The molecule has 1 aromatic heterocycles. The summed E-state index contributed by atoms with van der Waals surface area (Å²) in [6, 6.07) is 0. The molecule has 0 bridgehead atoms. The van der Waals surface area contributed by atoms with Crippen LogP contribution in [-0.2, 0) is 11.3 Å². The fourth-order valence-electron chi connectivity index (χ4n) is 3.49. The number of ketones is 1. The number of ether oxygens (including phenoxy) is 2. The van der Waals surface area contributed by atoms with Gasteiger partial charge in [-0.15, -0.1) is 0 Å². The van der Waals surface area contributed by atoms with Crippen LogP contribution in [0.4, 0.5) is 0 Å². The second-order valence-electron chi connectivity index (χ2n) is 5.88. The van der Waals surface area contributed by atoms with E-state index in [-0.39, 0.29) is 17.0 Å². The maximum atomic E-state index is 13.2. The Hall–Kier alpha value is -1.14. The summed E-state index contributed by atoms with van der Waals surface area (Å²) in [6.45, 7) is 6.41. The van der Waals surface area contributed by atoms with Gasteiger partial charge in [-0.2, -0.15) is 0 Å². The molecule has 1 aliphatic heterocycles. The number of aromatic nitrogens is 1. The summed E-state index contributed by atoms with van der Waals surface area (Å²) in [4.78, 5) is 25.5. The van der Waals surface area contributed by atoms with Crippen molar-refractivity contribution in [2.24, 2.45) is 5.41 Å². The predicted molar refractivity (Wildman–Crippen MR) is 87.7 cm³/mol. The third-order valence-corrected chi connectivity index (χ3v) is 5.78. The van der Waals surface area contributed by atoms with Crippen LogP contribution in [0.1, 0.15) is 44.1 Å². The summed E-state index contributed by atoms with van der Waals surface area (Å²) < 4.78 is 13.2. The lowest BCUT2D eigenvalue weighted by Gasteiger charge is -2.50. The number of Topliss-reactive ketones (excluding diaryl/α,β-unsaturated/α-hetero) is 1. The molecule has 0 aromatic carbocycles. The highest BCUT2D eigenvalue weighted by Crippen LogP contribution is 2.48. The number of carbonyl (C=O) groups excluding carboxylic acids is 1. The molecular formula is C16H22BrNO4. The average molecular weight is 372 g/mol. The summed E-state index contributed by atoms with van der Waals surface area (Å²) >= 11 is 3.25. The zero-order valence-corrected chi connectivity index (χ0v) is 15.2. The molecule has 0 saturated carbocycles. The molecule has 2 heterocycles. The first-order valence-electron chi connectivity index (χ1n) is 7.38. The van der Waals surface area contributed by atoms with Crippen LogP contribution in [0.3, 0.4) is 0 Å². The van der Waals surface area contributed by atoms with Crippen molar-refractivity contribution in [3.63, 3.8) is 0 Å². The molecular weight excluding hydrogens is 350 g/mol. The SMILES string of the molecule is CCC1(OC)Cn2cc(Br)c(=O)c(OC)c2C(=O)C1(C)CC. The predicted octanol–water partition coefficient (Wildman–Crippen LogP) is 3.03. The normalized spacial score (nSPS) is 27.6. The molecule has 0 saturated heterocycles. The van der Waals surface area contributed by atoms with Gasteiger partial charge in [0.25, 0.3) is 0 Å². The van der Waals surface area contributed by atoms with Gasteiger partial charge in [0.1, 0.15) is 5.69 Å². The Morgan fingerprint density at radius 3 is 2.36 bits per heavy atom. The van der Waals surface area contributed by atoms with Crippen molar-refractivity contribution in [2.45, 2.75) is 45.8 Å². The number of pyridine rings is 1. The van der Waals surface area contributed by atoms with Gasteiger partial charge in [0.05, 0.1) is 29.1 Å². The quantitative estimate of drug-likeness (QED) is 0.815. The topological polar surface area (TPSA) is 57.5 Å². The second kappa shape index (κ2) is 5.81. The van der Waals surface area contributed by atoms with E-state index in [4.69, 9.17) is 9.47 Å². The molecule has 0 fully saturated rings. The standard InChI is InChI=1S/C16H22BrNO4/c1-6-15(3)14(20)11-13(21-4)12(19)10(17)8-18(11)9-16(15,7-2)22-5/h8H,6-7,9H2,1-5H3. The molecule has 2 rings (SSSR count). The lowest BCUT2D eigenvalue weighted by Crippen LogP contribution is -2.59. The van der Waals surface area contributed by atoms with E-state index in [1.165, 1.54) is 7.11 Å². The number of nitrogens with zero attached hydrogens (tertiary/aromatic N) is 1. The third kappa shape index (κ3) is 2.07. The minimum Gasteiger partial charge on any atom is -0.491 e. The number of fused-ring (bicyclic) bond motifs is 1. The van der Waals surface area contributed by atoms with Gasteiger partial charge < -0.3 is 14.0 Å². The van der Waals surface area contributed by atoms with Crippen LogP contribution >= 0.6 is 15.9 Å². The average Bonchev–Trinajstić information content (AvgIpc) is 2.52. The lowest BCUT2D eigenvalue weighted by atomic mass is 9.64. The molecule has 0 aliphatic carbocycles. The lowest BCUT2D eigenvalue weighted by molar-refractivity contribution is -0.111. The molecule has 0 spiro atoms. The molecule has 0 amide bonds. The molecule has 0 radical (unpaired) electrons.